The van der Waals surface area contributed by atoms with Crippen molar-refractivity contribution >= 4 is 40.5 Å². The third-order valence-corrected chi connectivity index (χ3v) is 5.74. The molecule has 0 unspecified atom stereocenters. The number of aromatic nitrogens is 6. The summed E-state index contributed by atoms with van der Waals surface area (Å²) in [5.74, 6) is -1.01. The third-order valence-electron chi connectivity index (χ3n) is 4.85. The van der Waals surface area contributed by atoms with Crippen LogP contribution in [0.3, 0.4) is 0 Å². The molecule has 1 aromatic carbocycles. The van der Waals surface area contributed by atoms with Crippen molar-refractivity contribution in [1.82, 2.24) is 29.9 Å². The van der Waals surface area contributed by atoms with Crippen molar-refractivity contribution in [3.63, 3.8) is 0 Å². The van der Waals surface area contributed by atoms with Crippen LogP contribution in [0.2, 0.25) is 0 Å². The number of hydrogen-bond donors (Lipinski definition) is 5. The second-order valence-corrected chi connectivity index (χ2v) is 8.56. The van der Waals surface area contributed by atoms with Crippen LogP contribution in [-0.2, 0) is 5.75 Å². The molecule has 14 heteroatoms. The summed E-state index contributed by atoms with van der Waals surface area (Å²) in [5, 5.41) is 18.7. The fourth-order valence-electron chi connectivity index (χ4n) is 3.07. The lowest BCUT2D eigenvalue weighted by Gasteiger charge is -2.15. The Labute approximate surface area is 208 Å². The van der Waals surface area contributed by atoms with E-state index in [9.17, 15) is 18.7 Å². The van der Waals surface area contributed by atoms with E-state index in [0.717, 1.165) is 17.8 Å². The minimum atomic E-state index is -0.938. The zero-order chi connectivity index (χ0) is 25.5. The summed E-state index contributed by atoms with van der Waals surface area (Å²) >= 11 is 1.07. The quantitative estimate of drug-likeness (QED) is 0.114. The lowest BCUT2D eigenvalue weighted by atomic mass is 10.2. The number of aliphatic hydroxyl groups is 1. The van der Waals surface area contributed by atoms with E-state index in [1.54, 1.807) is 25.4 Å². The molecule has 0 aliphatic heterocycles. The highest BCUT2D eigenvalue weighted by molar-refractivity contribution is 7.98. The molecule has 0 amide bonds. The van der Waals surface area contributed by atoms with Gasteiger partial charge in [-0.05, 0) is 19.1 Å². The van der Waals surface area contributed by atoms with Gasteiger partial charge in [0.25, 0.3) is 5.56 Å². The number of anilines is 3. The minimum absolute atomic E-state index is 0.0591. The molecule has 0 radical (unpaired) electrons. The molecule has 0 fully saturated rings. The predicted molar refractivity (Wildman–Crippen MR) is 133 cm³/mol. The number of rotatable bonds is 11. The van der Waals surface area contributed by atoms with Crippen molar-refractivity contribution in [2.75, 3.05) is 35.6 Å². The van der Waals surface area contributed by atoms with Crippen LogP contribution in [-0.4, -0.2) is 60.7 Å². The van der Waals surface area contributed by atoms with Crippen LogP contribution in [0.15, 0.2) is 46.6 Å². The summed E-state index contributed by atoms with van der Waals surface area (Å²) in [6.07, 6.45) is 3.23. The first kappa shape index (κ1) is 25.2. The van der Waals surface area contributed by atoms with Gasteiger partial charge in [-0.25, -0.2) is 33.7 Å². The normalized spacial score (nSPS) is 11.9. The van der Waals surface area contributed by atoms with Crippen LogP contribution < -0.4 is 21.5 Å². The van der Waals surface area contributed by atoms with Gasteiger partial charge in [0.15, 0.2) is 39.6 Å². The number of nitrogens with zero attached hydrogens (tertiary/aromatic N) is 5. The Morgan fingerprint density at radius 1 is 1.06 bits per heavy atom. The molecule has 0 aliphatic carbocycles. The van der Waals surface area contributed by atoms with Crippen molar-refractivity contribution in [1.29, 1.82) is 0 Å². The van der Waals surface area contributed by atoms with Crippen LogP contribution >= 0.6 is 11.8 Å². The Morgan fingerprint density at radius 3 is 2.61 bits per heavy atom. The van der Waals surface area contributed by atoms with E-state index < -0.39 is 17.2 Å². The summed E-state index contributed by atoms with van der Waals surface area (Å²) in [6, 6.07) is 5.27. The van der Waals surface area contributed by atoms with Crippen LogP contribution in [0.25, 0.3) is 11.2 Å². The highest BCUT2D eigenvalue weighted by Gasteiger charge is 2.16. The molecule has 4 rings (SSSR count). The number of benzene rings is 1. The van der Waals surface area contributed by atoms with Gasteiger partial charge < -0.3 is 26.0 Å². The molecule has 3 aromatic heterocycles. The SMILES string of the molecule is C[C@H](CO)Nc1nc(SCc2cccc(F)c2F)nc2[nH]c(=O)c(NCCNc3ncccn3)nc12. The lowest BCUT2D eigenvalue weighted by Crippen LogP contribution is -2.24. The van der Waals surface area contributed by atoms with Gasteiger partial charge in [-0.15, -0.1) is 0 Å². The van der Waals surface area contributed by atoms with Gasteiger partial charge in [0.2, 0.25) is 5.95 Å². The topological polar surface area (TPSA) is 154 Å². The Morgan fingerprint density at radius 2 is 1.83 bits per heavy atom. The molecule has 0 aliphatic rings. The zero-order valence-electron chi connectivity index (χ0n) is 19.1. The first-order valence-electron chi connectivity index (χ1n) is 10.9. The molecule has 11 nitrogen and oxygen atoms in total. The van der Waals surface area contributed by atoms with Crippen LogP contribution in [0.5, 0.6) is 0 Å². The van der Waals surface area contributed by atoms with Crippen molar-refractivity contribution in [2.45, 2.75) is 23.9 Å². The molecule has 188 valence electrons. The molecule has 0 saturated carbocycles. The standard InChI is InChI=1S/C22H23F2N9O2S/c1-12(10-34)29-17-16-18(33-22(32-17)36-11-13-4-2-5-14(23)15(13)24)31-20(35)19(30-16)25-8-9-28-21-26-6-3-7-27-21/h2-7,12,34H,8-11H2,1H3,(H,25,30)(H,26,27,28)(H2,29,31,32,33,35)/t12-/m1/s1. The van der Waals surface area contributed by atoms with E-state index in [2.05, 4.69) is 45.9 Å². The van der Waals surface area contributed by atoms with Gasteiger partial charge in [-0.2, -0.15) is 0 Å². The summed E-state index contributed by atoms with van der Waals surface area (Å²) in [7, 11) is 0. The van der Waals surface area contributed by atoms with Gasteiger partial charge in [-0.1, -0.05) is 23.9 Å². The Kier molecular flexibility index (Phi) is 8.17. The van der Waals surface area contributed by atoms with Crippen molar-refractivity contribution in [3.05, 3.63) is 64.2 Å². The zero-order valence-corrected chi connectivity index (χ0v) is 19.9. The first-order chi connectivity index (χ1) is 17.4. The van der Waals surface area contributed by atoms with Gasteiger partial charge in [0.05, 0.1) is 6.61 Å². The second-order valence-electron chi connectivity index (χ2n) is 7.62. The van der Waals surface area contributed by atoms with Crippen molar-refractivity contribution in [2.24, 2.45) is 0 Å². The fourth-order valence-corrected chi connectivity index (χ4v) is 3.89. The molecule has 0 bridgehead atoms. The minimum Gasteiger partial charge on any atom is -0.394 e. The van der Waals surface area contributed by atoms with E-state index in [-0.39, 0.29) is 51.9 Å². The highest BCUT2D eigenvalue weighted by Crippen LogP contribution is 2.26. The number of nitrogens with one attached hydrogen (secondary N) is 4. The van der Waals surface area contributed by atoms with E-state index in [0.29, 0.717) is 19.0 Å². The molecule has 0 spiro atoms. The number of hydrogen-bond acceptors (Lipinski definition) is 11. The Bertz CT molecular complexity index is 1390. The number of aliphatic hydroxyl groups excluding tert-OH is 1. The average molecular weight is 516 g/mol. The molecule has 36 heavy (non-hydrogen) atoms. The molecule has 5 N–H and O–H groups in total. The number of thioether (sulfide) groups is 1. The molecular formula is C22H23F2N9O2S. The fraction of sp³-hybridized carbons (Fsp3) is 0.273. The summed E-state index contributed by atoms with van der Waals surface area (Å²) in [4.78, 5) is 36.6. The summed E-state index contributed by atoms with van der Waals surface area (Å²) in [6.45, 7) is 2.34. The number of aromatic amines is 1. The number of fused-ring (bicyclic) bond motifs is 1. The van der Waals surface area contributed by atoms with Crippen molar-refractivity contribution in [3.8, 4) is 0 Å². The number of halogens is 2. The van der Waals surface area contributed by atoms with Gasteiger partial charge in [0, 0.05) is 42.8 Å². The lowest BCUT2D eigenvalue weighted by molar-refractivity contribution is 0.281. The smallest absolute Gasteiger partial charge is 0.292 e. The average Bonchev–Trinajstić information content (AvgIpc) is 2.88. The second kappa shape index (κ2) is 11.7. The first-order valence-corrected chi connectivity index (χ1v) is 11.9. The molecule has 3 heterocycles. The van der Waals surface area contributed by atoms with E-state index in [1.165, 1.54) is 12.1 Å². The highest BCUT2D eigenvalue weighted by atomic mass is 32.2. The maximum Gasteiger partial charge on any atom is 0.292 e. The summed E-state index contributed by atoms with van der Waals surface area (Å²) < 4.78 is 27.6. The molecule has 1 atom stereocenters. The maximum absolute atomic E-state index is 14.0. The molecular weight excluding hydrogens is 492 g/mol. The van der Waals surface area contributed by atoms with Gasteiger partial charge in [-0.3, -0.25) is 4.79 Å². The predicted octanol–water partition coefficient (Wildman–Crippen LogP) is 2.39. The van der Waals surface area contributed by atoms with Crippen LogP contribution in [0.4, 0.5) is 26.4 Å². The van der Waals surface area contributed by atoms with E-state index >= 15 is 0 Å². The summed E-state index contributed by atoms with van der Waals surface area (Å²) in [5.41, 5.74) is 0.0947. The Hall–Kier alpha value is -3.91. The third kappa shape index (κ3) is 6.20. The van der Waals surface area contributed by atoms with Crippen molar-refractivity contribution < 1.29 is 13.9 Å². The van der Waals surface area contributed by atoms with E-state index in [4.69, 9.17) is 0 Å². The van der Waals surface area contributed by atoms with E-state index in [1.807, 2.05) is 0 Å². The Balaban J connectivity index is 1.55. The monoisotopic (exact) mass is 515 g/mol. The van der Waals surface area contributed by atoms with Crippen LogP contribution in [0.1, 0.15) is 12.5 Å². The molecule has 4 aromatic rings. The van der Waals surface area contributed by atoms with Gasteiger partial charge >= 0.3 is 0 Å². The van der Waals surface area contributed by atoms with Gasteiger partial charge in [0.1, 0.15) is 0 Å². The molecule has 0 saturated heterocycles. The van der Waals surface area contributed by atoms with Crippen LogP contribution in [0, 0.1) is 11.6 Å². The maximum atomic E-state index is 14.0. The number of H-pyrrole nitrogens is 1. The largest absolute Gasteiger partial charge is 0.394 e.